The highest BCUT2D eigenvalue weighted by Gasteiger charge is 2.24. The molecule has 1 aromatic rings. The number of hydrogen-bond acceptors (Lipinski definition) is 3. The van der Waals surface area contributed by atoms with Crippen LogP contribution in [0.5, 0.6) is 0 Å². The number of rotatable bonds is 4. The van der Waals surface area contributed by atoms with Gasteiger partial charge in [-0.15, -0.1) is 0 Å². The Bertz CT molecular complexity index is 500. The first-order valence-corrected chi connectivity index (χ1v) is 8.09. The summed E-state index contributed by atoms with van der Waals surface area (Å²) in [6, 6.07) is 6.49. The van der Waals surface area contributed by atoms with Gasteiger partial charge < -0.3 is 9.64 Å². The van der Waals surface area contributed by atoms with E-state index in [9.17, 15) is 9.18 Å². The van der Waals surface area contributed by atoms with Crippen molar-refractivity contribution in [1.29, 1.82) is 0 Å². The van der Waals surface area contributed by atoms with Crippen molar-refractivity contribution in [3.8, 4) is 0 Å². The number of benzene rings is 1. The highest BCUT2D eigenvalue weighted by Crippen LogP contribution is 2.22. The van der Waals surface area contributed by atoms with E-state index in [2.05, 4.69) is 4.90 Å². The molecule has 4 nitrogen and oxygen atoms in total. The van der Waals surface area contributed by atoms with Gasteiger partial charge in [0.15, 0.2) is 0 Å². The van der Waals surface area contributed by atoms with Gasteiger partial charge in [0.1, 0.15) is 5.82 Å². The van der Waals surface area contributed by atoms with Gasteiger partial charge in [-0.05, 0) is 30.5 Å². The fourth-order valence-corrected chi connectivity index (χ4v) is 3.16. The van der Waals surface area contributed by atoms with Crippen molar-refractivity contribution >= 4 is 5.91 Å². The molecule has 0 saturated carbocycles. The number of carbonyl (C=O) groups is 1. The predicted molar refractivity (Wildman–Crippen MR) is 82.0 cm³/mol. The highest BCUT2D eigenvalue weighted by atomic mass is 19.1. The summed E-state index contributed by atoms with van der Waals surface area (Å²) in [5.74, 6) is 0.0370. The first-order chi connectivity index (χ1) is 10.7. The van der Waals surface area contributed by atoms with E-state index in [1.165, 1.54) is 12.1 Å². The van der Waals surface area contributed by atoms with Crippen molar-refractivity contribution in [3.05, 3.63) is 35.6 Å². The van der Waals surface area contributed by atoms with Gasteiger partial charge in [-0.3, -0.25) is 9.69 Å². The van der Waals surface area contributed by atoms with Crippen molar-refractivity contribution in [3.63, 3.8) is 0 Å². The average Bonchev–Trinajstić information content (AvgIpc) is 3.08. The lowest BCUT2D eigenvalue weighted by molar-refractivity contribution is -0.131. The normalized spacial score (nSPS) is 23.0. The topological polar surface area (TPSA) is 32.8 Å². The second-order valence-corrected chi connectivity index (χ2v) is 6.05. The Labute approximate surface area is 130 Å². The van der Waals surface area contributed by atoms with Gasteiger partial charge in [0.2, 0.25) is 5.91 Å². The molecule has 2 fully saturated rings. The summed E-state index contributed by atoms with van der Waals surface area (Å²) in [7, 11) is 0. The van der Waals surface area contributed by atoms with E-state index in [1.807, 2.05) is 4.90 Å². The van der Waals surface area contributed by atoms with Crippen LogP contribution >= 0.6 is 0 Å². The number of likely N-dealkylation sites (tertiary alicyclic amines) is 1. The molecule has 22 heavy (non-hydrogen) atoms. The molecule has 2 heterocycles. The van der Waals surface area contributed by atoms with Crippen molar-refractivity contribution < 1.29 is 13.9 Å². The van der Waals surface area contributed by atoms with Crippen LogP contribution in [0.25, 0.3) is 0 Å². The molecule has 1 aromatic carbocycles. The molecule has 0 spiro atoms. The lowest BCUT2D eigenvalue weighted by Gasteiger charge is -2.33. The first-order valence-electron chi connectivity index (χ1n) is 8.09. The zero-order valence-corrected chi connectivity index (χ0v) is 12.8. The molecular weight excluding hydrogens is 283 g/mol. The van der Waals surface area contributed by atoms with E-state index in [4.69, 9.17) is 4.74 Å². The lowest BCUT2D eigenvalue weighted by Crippen LogP contribution is -2.40. The van der Waals surface area contributed by atoms with Gasteiger partial charge in [0, 0.05) is 39.1 Å². The second-order valence-electron chi connectivity index (χ2n) is 6.05. The van der Waals surface area contributed by atoms with E-state index in [0.717, 1.165) is 51.1 Å². The SMILES string of the molecule is O=C(CCN1CCO[C@H](c2ccc(F)cc2)C1)N1CCCC1. The molecule has 0 aromatic heterocycles. The quantitative estimate of drug-likeness (QED) is 0.855. The summed E-state index contributed by atoms with van der Waals surface area (Å²) in [5, 5.41) is 0. The molecule has 0 bridgehead atoms. The van der Waals surface area contributed by atoms with Crippen LogP contribution in [0.4, 0.5) is 4.39 Å². The maximum absolute atomic E-state index is 13.0. The summed E-state index contributed by atoms with van der Waals surface area (Å²) in [5.41, 5.74) is 0.997. The molecule has 0 radical (unpaired) electrons. The molecule has 0 unspecified atom stereocenters. The van der Waals surface area contributed by atoms with Gasteiger partial charge >= 0.3 is 0 Å². The highest BCUT2D eigenvalue weighted by molar-refractivity contribution is 5.76. The minimum atomic E-state index is -0.229. The minimum absolute atomic E-state index is 0.0313. The first kappa shape index (κ1) is 15.4. The molecule has 0 N–H and O–H groups in total. The van der Waals surface area contributed by atoms with E-state index < -0.39 is 0 Å². The molecule has 120 valence electrons. The van der Waals surface area contributed by atoms with Crippen molar-refractivity contribution in [2.45, 2.75) is 25.4 Å². The molecular formula is C17H23FN2O2. The van der Waals surface area contributed by atoms with Gasteiger partial charge in [-0.1, -0.05) is 12.1 Å². The third-order valence-corrected chi connectivity index (χ3v) is 4.49. The third-order valence-electron chi connectivity index (χ3n) is 4.49. The molecule has 1 amide bonds. The van der Waals surface area contributed by atoms with Gasteiger partial charge in [-0.2, -0.15) is 0 Å². The van der Waals surface area contributed by atoms with Crippen LogP contribution in [0.2, 0.25) is 0 Å². The van der Waals surface area contributed by atoms with E-state index in [-0.39, 0.29) is 17.8 Å². The maximum atomic E-state index is 13.0. The Hall–Kier alpha value is -1.46. The van der Waals surface area contributed by atoms with Gasteiger partial charge in [0.05, 0.1) is 12.7 Å². The van der Waals surface area contributed by atoms with E-state index in [0.29, 0.717) is 13.0 Å². The number of hydrogen-bond donors (Lipinski definition) is 0. The number of morpholine rings is 1. The standard InChI is InChI=1S/C17H23FN2O2/c18-15-5-3-14(4-6-15)16-13-19(11-12-22-16)10-7-17(21)20-8-1-2-9-20/h3-6,16H,1-2,7-13H2/t16-/m0/s1. The Morgan fingerprint density at radius 1 is 1.18 bits per heavy atom. The van der Waals surface area contributed by atoms with Crippen LogP contribution in [-0.2, 0) is 9.53 Å². The lowest BCUT2D eigenvalue weighted by atomic mass is 10.1. The monoisotopic (exact) mass is 306 g/mol. The van der Waals surface area contributed by atoms with E-state index >= 15 is 0 Å². The Balaban J connectivity index is 1.50. The van der Waals surface area contributed by atoms with Crippen LogP contribution < -0.4 is 0 Å². The molecule has 1 atom stereocenters. The summed E-state index contributed by atoms with van der Waals surface area (Å²) < 4.78 is 18.8. The zero-order valence-electron chi connectivity index (χ0n) is 12.8. The fraction of sp³-hybridized carbons (Fsp3) is 0.588. The number of halogens is 1. The van der Waals surface area contributed by atoms with Crippen LogP contribution in [0.1, 0.15) is 30.9 Å². The van der Waals surface area contributed by atoms with Crippen molar-refractivity contribution in [2.24, 2.45) is 0 Å². The molecule has 5 heteroatoms. The van der Waals surface area contributed by atoms with Crippen molar-refractivity contribution in [2.75, 3.05) is 39.3 Å². The summed E-state index contributed by atoms with van der Waals surface area (Å²) in [6.45, 7) is 4.88. The maximum Gasteiger partial charge on any atom is 0.223 e. The smallest absolute Gasteiger partial charge is 0.223 e. The number of ether oxygens (including phenoxy) is 1. The van der Waals surface area contributed by atoms with E-state index in [1.54, 1.807) is 12.1 Å². The summed E-state index contributed by atoms with van der Waals surface area (Å²) in [6.07, 6.45) is 2.82. The zero-order chi connectivity index (χ0) is 15.4. The Kier molecular flexibility index (Phi) is 5.05. The number of nitrogens with zero attached hydrogens (tertiary/aromatic N) is 2. The van der Waals surface area contributed by atoms with Crippen LogP contribution in [0.3, 0.4) is 0 Å². The van der Waals surface area contributed by atoms with Crippen LogP contribution in [-0.4, -0.2) is 55.0 Å². The number of amides is 1. The number of carbonyl (C=O) groups excluding carboxylic acids is 1. The molecule has 2 aliphatic rings. The minimum Gasteiger partial charge on any atom is -0.371 e. The molecule has 0 aliphatic carbocycles. The Morgan fingerprint density at radius 3 is 2.64 bits per heavy atom. The molecule has 2 saturated heterocycles. The second kappa shape index (κ2) is 7.20. The average molecular weight is 306 g/mol. The summed E-state index contributed by atoms with van der Waals surface area (Å²) >= 11 is 0. The van der Waals surface area contributed by atoms with Crippen molar-refractivity contribution in [1.82, 2.24) is 9.80 Å². The third kappa shape index (κ3) is 3.84. The van der Waals surface area contributed by atoms with Crippen LogP contribution in [0.15, 0.2) is 24.3 Å². The largest absolute Gasteiger partial charge is 0.371 e. The predicted octanol–water partition coefficient (Wildman–Crippen LogP) is 2.21. The fourth-order valence-electron chi connectivity index (χ4n) is 3.16. The van der Waals surface area contributed by atoms with Crippen LogP contribution in [0, 0.1) is 5.82 Å². The summed E-state index contributed by atoms with van der Waals surface area (Å²) in [4.78, 5) is 16.3. The Morgan fingerprint density at radius 2 is 1.91 bits per heavy atom. The molecule has 2 aliphatic heterocycles. The van der Waals surface area contributed by atoms with Gasteiger partial charge in [-0.25, -0.2) is 4.39 Å². The van der Waals surface area contributed by atoms with Gasteiger partial charge in [0.25, 0.3) is 0 Å². The molecule has 3 rings (SSSR count).